The maximum atomic E-state index is 12.6. The third kappa shape index (κ3) is 4.77. The minimum absolute atomic E-state index is 0.0354. The maximum absolute atomic E-state index is 12.6. The standard InChI is InChI=1S/C26H30N2O6/c1-26(24(30)31,16-11-12-16)28-23(29)22(33-2)13-14-27-25(32)34-15-21-19-9-5-3-7-17(19)18-8-4-6-10-20(18)21/h3-10,16,21-22H,11-15H2,1-2H3,(H,27,32)(H,28,29)(H,30,31). The normalized spacial score (nSPS) is 17.1. The Hall–Kier alpha value is -3.39. The van der Waals surface area contributed by atoms with Gasteiger partial charge in [0.05, 0.1) is 0 Å². The van der Waals surface area contributed by atoms with E-state index in [0.717, 1.165) is 35.1 Å². The summed E-state index contributed by atoms with van der Waals surface area (Å²) >= 11 is 0. The van der Waals surface area contributed by atoms with E-state index in [0.29, 0.717) is 0 Å². The van der Waals surface area contributed by atoms with Gasteiger partial charge in [0.2, 0.25) is 5.91 Å². The number of fused-ring (bicyclic) bond motifs is 3. The third-order valence-corrected chi connectivity index (χ3v) is 6.82. The lowest BCUT2D eigenvalue weighted by molar-refractivity contribution is -0.150. The minimum Gasteiger partial charge on any atom is -0.480 e. The number of ether oxygens (including phenoxy) is 2. The number of methoxy groups -OCH3 is 1. The van der Waals surface area contributed by atoms with Crippen LogP contribution >= 0.6 is 0 Å². The van der Waals surface area contributed by atoms with E-state index in [2.05, 4.69) is 34.9 Å². The summed E-state index contributed by atoms with van der Waals surface area (Å²) < 4.78 is 10.7. The van der Waals surface area contributed by atoms with E-state index in [1.807, 2.05) is 24.3 Å². The largest absolute Gasteiger partial charge is 0.480 e. The lowest BCUT2D eigenvalue weighted by atomic mass is 9.95. The third-order valence-electron chi connectivity index (χ3n) is 6.82. The fraction of sp³-hybridized carbons (Fsp3) is 0.423. The Labute approximate surface area is 198 Å². The predicted octanol–water partition coefficient (Wildman–Crippen LogP) is 3.30. The second kappa shape index (κ2) is 9.85. The molecule has 0 aromatic heterocycles. The molecule has 180 valence electrons. The number of nitrogens with one attached hydrogen (secondary N) is 2. The van der Waals surface area contributed by atoms with Crippen molar-refractivity contribution in [2.24, 2.45) is 5.92 Å². The number of hydrogen-bond acceptors (Lipinski definition) is 5. The second-order valence-electron chi connectivity index (χ2n) is 9.04. The van der Waals surface area contributed by atoms with Crippen molar-refractivity contribution in [3.63, 3.8) is 0 Å². The molecule has 3 N–H and O–H groups in total. The monoisotopic (exact) mass is 466 g/mol. The van der Waals surface area contributed by atoms with Crippen LogP contribution < -0.4 is 10.6 Å². The number of alkyl carbamates (subject to hydrolysis) is 1. The molecule has 2 aliphatic carbocycles. The highest BCUT2D eigenvalue weighted by Crippen LogP contribution is 2.44. The molecule has 2 unspecified atom stereocenters. The number of hydrogen-bond donors (Lipinski definition) is 3. The van der Waals surface area contributed by atoms with Gasteiger partial charge in [-0.2, -0.15) is 0 Å². The summed E-state index contributed by atoms with van der Waals surface area (Å²) in [7, 11) is 1.38. The van der Waals surface area contributed by atoms with E-state index in [1.54, 1.807) is 0 Å². The molecule has 2 atom stereocenters. The molecule has 0 saturated heterocycles. The van der Waals surface area contributed by atoms with Crippen LogP contribution in [0.1, 0.15) is 43.2 Å². The molecule has 1 fully saturated rings. The zero-order chi connectivity index (χ0) is 24.3. The number of carboxylic acid groups (broad SMARTS) is 1. The van der Waals surface area contributed by atoms with Crippen molar-refractivity contribution in [2.75, 3.05) is 20.3 Å². The summed E-state index contributed by atoms with van der Waals surface area (Å²) in [6, 6.07) is 16.2. The van der Waals surface area contributed by atoms with E-state index < -0.39 is 29.6 Å². The van der Waals surface area contributed by atoms with Gasteiger partial charge in [-0.15, -0.1) is 0 Å². The first-order chi connectivity index (χ1) is 16.3. The number of amides is 2. The highest BCUT2D eigenvalue weighted by Gasteiger charge is 2.49. The number of carbonyl (C=O) groups excluding carboxylic acids is 2. The molecular weight excluding hydrogens is 436 g/mol. The molecule has 0 heterocycles. The van der Waals surface area contributed by atoms with Gasteiger partial charge in [-0.25, -0.2) is 9.59 Å². The molecule has 2 aromatic rings. The van der Waals surface area contributed by atoms with Crippen molar-refractivity contribution in [1.29, 1.82) is 0 Å². The van der Waals surface area contributed by atoms with Crippen LogP contribution in [0, 0.1) is 5.92 Å². The molecule has 0 spiro atoms. The molecule has 0 radical (unpaired) electrons. The van der Waals surface area contributed by atoms with Gasteiger partial charge in [-0.05, 0) is 47.9 Å². The summed E-state index contributed by atoms with van der Waals surface area (Å²) in [5.41, 5.74) is 3.25. The van der Waals surface area contributed by atoms with Crippen LogP contribution in [-0.4, -0.2) is 55.0 Å². The molecule has 2 aliphatic rings. The van der Waals surface area contributed by atoms with Gasteiger partial charge in [0.25, 0.3) is 0 Å². The van der Waals surface area contributed by atoms with Gasteiger partial charge in [-0.3, -0.25) is 4.79 Å². The van der Waals surface area contributed by atoms with Crippen LogP contribution in [0.5, 0.6) is 0 Å². The first-order valence-electron chi connectivity index (χ1n) is 11.5. The highest BCUT2D eigenvalue weighted by molar-refractivity contribution is 5.89. The Balaban J connectivity index is 1.27. The molecule has 0 aliphatic heterocycles. The topological polar surface area (TPSA) is 114 Å². The van der Waals surface area contributed by atoms with E-state index >= 15 is 0 Å². The number of benzene rings is 2. The Morgan fingerprint density at radius 3 is 2.18 bits per heavy atom. The molecule has 34 heavy (non-hydrogen) atoms. The molecule has 1 saturated carbocycles. The molecular formula is C26H30N2O6. The SMILES string of the molecule is COC(CCNC(=O)OCC1c2ccccc2-c2ccccc21)C(=O)NC(C)(C(=O)O)C1CC1. The van der Waals surface area contributed by atoms with Crippen LogP contribution in [0.25, 0.3) is 11.1 Å². The average molecular weight is 467 g/mol. The molecule has 2 aromatic carbocycles. The number of rotatable bonds is 10. The summed E-state index contributed by atoms with van der Waals surface area (Å²) in [6.07, 6.45) is 0.262. The van der Waals surface area contributed by atoms with Gasteiger partial charge in [0.1, 0.15) is 18.2 Å². The Morgan fingerprint density at radius 1 is 1.06 bits per heavy atom. The van der Waals surface area contributed by atoms with E-state index in [1.165, 1.54) is 14.0 Å². The molecule has 0 bridgehead atoms. The average Bonchev–Trinajstić information content (AvgIpc) is 3.64. The summed E-state index contributed by atoms with van der Waals surface area (Å²) in [5.74, 6) is -1.68. The predicted molar refractivity (Wildman–Crippen MR) is 125 cm³/mol. The van der Waals surface area contributed by atoms with Crippen LogP contribution in [0.4, 0.5) is 4.79 Å². The van der Waals surface area contributed by atoms with Crippen molar-refractivity contribution in [1.82, 2.24) is 10.6 Å². The van der Waals surface area contributed by atoms with Gasteiger partial charge in [0.15, 0.2) is 0 Å². The lowest BCUT2D eigenvalue weighted by Crippen LogP contribution is -2.56. The van der Waals surface area contributed by atoms with E-state index in [4.69, 9.17) is 9.47 Å². The number of aliphatic carboxylic acids is 1. The van der Waals surface area contributed by atoms with Crippen molar-refractivity contribution >= 4 is 18.0 Å². The van der Waals surface area contributed by atoms with Gasteiger partial charge in [-0.1, -0.05) is 48.5 Å². The van der Waals surface area contributed by atoms with E-state index in [9.17, 15) is 19.5 Å². The minimum atomic E-state index is -1.31. The van der Waals surface area contributed by atoms with Gasteiger partial charge < -0.3 is 25.2 Å². The zero-order valence-electron chi connectivity index (χ0n) is 19.4. The van der Waals surface area contributed by atoms with Crippen LogP contribution in [0.2, 0.25) is 0 Å². The first-order valence-corrected chi connectivity index (χ1v) is 11.5. The Kier molecular flexibility index (Phi) is 6.88. The fourth-order valence-electron chi connectivity index (χ4n) is 4.64. The summed E-state index contributed by atoms with van der Waals surface area (Å²) in [5, 5.41) is 14.8. The van der Waals surface area contributed by atoms with E-state index in [-0.39, 0.29) is 31.4 Å². The van der Waals surface area contributed by atoms with Crippen LogP contribution in [-0.2, 0) is 19.1 Å². The quantitative estimate of drug-likeness (QED) is 0.495. The zero-order valence-corrected chi connectivity index (χ0v) is 19.4. The molecule has 2 amide bonds. The van der Waals surface area contributed by atoms with Crippen molar-refractivity contribution in [2.45, 2.75) is 43.7 Å². The molecule has 8 nitrogen and oxygen atoms in total. The Morgan fingerprint density at radius 2 is 1.65 bits per heavy atom. The van der Waals surface area contributed by atoms with Gasteiger partial charge >= 0.3 is 12.1 Å². The second-order valence-corrected chi connectivity index (χ2v) is 9.04. The smallest absolute Gasteiger partial charge is 0.407 e. The molecule has 8 heteroatoms. The Bertz CT molecular complexity index is 1040. The summed E-state index contributed by atoms with van der Waals surface area (Å²) in [6.45, 7) is 1.87. The van der Waals surface area contributed by atoms with Crippen molar-refractivity contribution in [3.05, 3.63) is 59.7 Å². The first kappa shape index (κ1) is 23.8. The summed E-state index contributed by atoms with van der Waals surface area (Å²) in [4.78, 5) is 36.6. The fourth-order valence-corrected chi connectivity index (χ4v) is 4.64. The van der Waals surface area contributed by atoms with Crippen LogP contribution in [0.3, 0.4) is 0 Å². The van der Waals surface area contributed by atoms with Crippen molar-refractivity contribution in [3.8, 4) is 11.1 Å². The number of carboxylic acids is 1. The van der Waals surface area contributed by atoms with Gasteiger partial charge in [0, 0.05) is 26.0 Å². The highest BCUT2D eigenvalue weighted by atomic mass is 16.5. The number of carbonyl (C=O) groups is 3. The lowest BCUT2D eigenvalue weighted by Gasteiger charge is -2.28. The molecule has 4 rings (SSSR count). The van der Waals surface area contributed by atoms with Crippen molar-refractivity contribution < 1.29 is 29.0 Å². The maximum Gasteiger partial charge on any atom is 0.407 e. The van der Waals surface area contributed by atoms with Crippen LogP contribution in [0.15, 0.2) is 48.5 Å².